The van der Waals surface area contributed by atoms with Crippen LogP contribution in [0.15, 0.2) is 18.2 Å². The minimum Gasteiger partial charge on any atom is -0.377 e. The van der Waals surface area contributed by atoms with Crippen molar-refractivity contribution in [2.45, 2.75) is 38.3 Å². The van der Waals surface area contributed by atoms with Gasteiger partial charge in [-0.25, -0.2) is 8.78 Å². The van der Waals surface area contributed by atoms with Crippen molar-refractivity contribution in [1.82, 2.24) is 5.32 Å². The molecule has 0 radical (unpaired) electrons. The Balaban J connectivity index is 1.94. The summed E-state index contributed by atoms with van der Waals surface area (Å²) in [5.41, 5.74) is 0.316. The molecule has 0 amide bonds. The summed E-state index contributed by atoms with van der Waals surface area (Å²) in [6, 6.07) is 3.90. The van der Waals surface area contributed by atoms with Crippen LogP contribution in [0.3, 0.4) is 0 Å². The molecule has 0 aromatic heterocycles. The van der Waals surface area contributed by atoms with Crippen LogP contribution >= 0.6 is 0 Å². The van der Waals surface area contributed by atoms with Gasteiger partial charge < -0.3 is 14.8 Å². The predicted molar refractivity (Wildman–Crippen MR) is 77.2 cm³/mol. The van der Waals surface area contributed by atoms with Gasteiger partial charge in [-0.3, -0.25) is 0 Å². The first kappa shape index (κ1) is 16.3. The van der Waals surface area contributed by atoms with Gasteiger partial charge in [0.2, 0.25) is 0 Å². The molecule has 1 aliphatic rings. The quantitative estimate of drug-likeness (QED) is 0.799. The summed E-state index contributed by atoms with van der Waals surface area (Å²) < 4.78 is 38.4. The second kappa shape index (κ2) is 8.41. The number of nitrogens with one attached hydrogen (secondary N) is 1. The van der Waals surface area contributed by atoms with Gasteiger partial charge in [-0.2, -0.15) is 0 Å². The van der Waals surface area contributed by atoms with Crippen molar-refractivity contribution in [2.75, 3.05) is 26.4 Å². The van der Waals surface area contributed by atoms with E-state index >= 15 is 0 Å². The van der Waals surface area contributed by atoms with E-state index in [2.05, 4.69) is 5.32 Å². The molecule has 0 saturated carbocycles. The van der Waals surface area contributed by atoms with E-state index in [0.717, 1.165) is 38.5 Å². The molecule has 1 aromatic carbocycles. The minimum absolute atomic E-state index is 0.134. The smallest absolute Gasteiger partial charge is 0.163 e. The lowest BCUT2D eigenvalue weighted by atomic mass is 10.1. The van der Waals surface area contributed by atoms with E-state index in [0.29, 0.717) is 18.8 Å². The van der Waals surface area contributed by atoms with Crippen LogP contribution in [0.2, 0.25) is 0 Å². The van der Waals surface area contributed by atoms with Gasteiger partial charge in [-0.15, -0.1) is 0 Å². The fourth-order valence-corrected chi connectivity index (χ4v) is 2.46. The second-order valence-electron chi connectivity index (χ2n) is 5.32. The molecule has 0 spiro atoms. The molecule has 3 nitrogen and oxygen atoms in total. The molecule has 1 fully saturated rings. The lowest BCUT2D eigenvalue weighted by molar-refractivity contribution is 0.00966. The Kier molecular flexibility index (Phi) is 6.54. The molecule has 1 aliphatic heterocycles. The molecule has 1 N–H and O–H groups in total. The normalized spacial score (nSPS) is 19.9. The number of benzene rings is 1. The van der Waals surface area contributed by atoms with E-state index in [9.17, 15) is 8.78 Å². The van der Waals surface area contributed by atoms with Crippen molar-refractivity contribution in [1.29, 1.82) is 0 Å². The van der Waals surface area contributed by atoms with Gasteiger partial charge in [-0.05, 0) is 31.9 Å². The highest BCUT2D eigenvalue weighted by atomic mass is 19.2. The maximum atomic E-state index is 13.9. The molecule has 2 atom stereocenters. The van der Waals surface area contributed by atoms with Crippen molar-refractivity contribution in [3.63, 3.8) is 0 Å². The van der Waals surface area contributed by atoms with Crippen molar-refractivity contribution < 1.29 is 18.3 Å². The fourth-order valence-electron chi connectivity index (χ4n) is 2.46. The lowest BCUT2D eigenvalue weighted by Gasteiger charge is -2.21. The molecule has 1 saturated heterocycles. The Morgan fingerprint density at radius 2 is 2.29 bits per heavy atom. The Labute approximate surface area is 124 Å². The summed E-state index contributed by atoms with van der Waals surface area (Å²) in [5, 5.41) is 3.21. The average Bonchev–Trinajstić information content (AvgIpc) is 2.99. The maximum Gasteiger partial charge on any atom is 0.163 e. The molecule has 0 aliphatic carbocycles. The summed E-state index contributed by atoms with van der Waals surface area (Å²) in [6.07, 6.45) is 3.11. The summed E-state index contributed by atoms with van der Waals surface area (Å²) in [5.74, 6) is -1.62. The summed E-state index contributed by atoms with van der Waals surface area (Å²) in [4.78, 5) is 0. The molecule has 118 valence electrons. The van der Waals surface area contributed by atoms with E-state index in [1.807, 2.05) is 6.92 Å². The van der Waals surface area contributed by atoms with Gasteiger partial charge >= 0.3 is 0 Å². The van der Waals surface area contributed by atoms with Gasteiger partial charge in [0.05, 0.1) is 25.4 Å². The first-order valence-electron chi connectivity index (χ1n) is 7.59. The van der Waals surface area contributed by atoms with E-state index in [1.54, 1.807) is 6.07 Å². The maximum absolute atomic E-state index is 13.9. The topological polar surface area (TPSA) is 30.5 Å². The minimum atomic E-state index is -0.824. The first-order valence-corrected chi connectivity index (χ1v) is 7.59. The van der Waals surface area contributed by atoms with Gasteiger partial charge in [0.1, 0.15) is 0 Å². The van der Waals surface area contributed by atoms with Crippen LogP contribution < -0.4 is 5.32 Å². The lowest BCUT2D eigenvalue weighted by Crippen LogP contribution is -2.29. The third kappa shape index (κ3) is 4.73. The second-order valence-corrected chi connectivity index (χ2v) is 5.32. The molecule has 21 heavy (non-hydrogen) atoms. The van der Waals surface area contributed by atoms with Crippen molar-refractivity contribution in [3.05, 3.63) is 35.4 Å². The highest BCUT2D eigenvalue weighted by molar-refractivity contribution is 5.22. The molecule has 5 heteroatoms. The van der Waals surface area contributed by atoms with Crippen molar-refractivity contribution in [2.24, 2.45) is 0 Å². The highest BCUT2D eigenvalue weighted by Gasteiger charge is 2.20. The number of hydrogen-bond acceptors (Lipinski definition) is 3. The summed E-state index contributed by atoms with van der Waals surface area (Å²) in [7, 11) is 0. The molecule has 0 bridgehead atoms. The molecular weight excluding hydrogens is 276 g/mol. The van der Waals surface area contributed by atoms with Crippen LogP contribution in [-0.2, 0) is 9.47 Å². The van der Waals surface area contributed by atoms with E-state index < -0.39 is 11.6 Å². The predicted octanol–water partition coefficient (Wildman–Crippen LogP) is 3.20. The number of ether oxygens (including phenoxy) is 2. The highest BCUT2D eigenvalue weighted by Crippen LogP contribution is 2.20. The zero-order valence-electron chi connectivity index (χ0n) is 12.4. The Morgan fingerprint density at radius 3 is 3.00 bits per heavy atom. The molecule has 2 rings (SSSR count). The third-order valence-corrected chi connectivity index (χ3v) is 3.61. The largest absolute Gasteiger partial charge is 0.377 e. The summed E-state index contributed by atoms with van der Waals surface area (Å²) >= 11 is 0. The summed E-state index contributed by atoms with van der Waals surface area (Å²) in [6.45, 7) is 4.34. The van der Waals surface area contributed by atoms with Gasteiger partial charge in [0.15, 0.2) is 11.6 Å². The molecule has 1 aromatic rings. The number of rotatable bonds is 8. The number of halogens is 2. The Bertz CT molecular complexity index is 436. The van der Waals surface area contributed by atoms with Gasteiger partial charge in [0.25, 0.3) is 0 Å². The monoisotopic (exact) mass is 299 g/mol. The van der Waals surface area contributed by atoms with E-state index in [-0.39, 0.29) is 12.1 Å². The molecule has 2 unspecified atom stereocenters. The third-order valence-electron chi connectivity index (χ3n) is 3.61. The zero-order valence-corrected chi connectivity index (χ0v) is 12.4. The van der Waals surface area contributed by atoms with Crippen LogP contribution in [0.1, 0.15) is 37.8 Å². The zero-order chi connectivity index (χ0) is 15.1. The Hall–Kier alpha value is -1.04. The van der Waals surface area contributed by atoms with Crippen LogP contribution in [-0.4, -0.2) is 32.5 Å². The molecular formula is C16H23F2NO2. The Morgan fingerprint density at radius 1 is 1.43 bits per heavy atom. The van der Waals surface area contributed by atoms with Crippen molar-refractivity contribution in [3.8, 4) is 0 Å². The molecule has 1 heterocycles. The van der Waals surface area contributed by atoms with E-state index in [1.165, 1.54) is 6.07 Å². The van der Waals surface area contributed by atoms with Crippen LogP contribution in [0.25, 0.3) is 0 Å². The van der Waals surface area contributed by atoms with Crippen LogP contribution in [0.5, 0.6) is 0 Å². The van der Waals surface area contributed by atoms with Crippen LogP contribution in [0, 0.1) is 11.6 Å². The fraction of sp³-hybridized carbons (Fsp3) is 0.625. The SMILES string of the molecule is CCCNC(COCC1CCCO1)c1cccc(F)c1F. The van der Waals surface area contributed by atoms with Crippen LogP contribution in [0.4, 0.5) is 8.78 Å². The van der Waals surface area contributed by atoms with Gasteiger partial charge in [0, 0.05) is 12.2 Å². The van der Waals surface area contributed by atoms with E-state index in [4.69, 9.17) is 9.47 Å². The first-order chi connectivity index (χ1) is 10.2. The average molecular weight is 299 g/mol. The standard InChI is InChI=1S/C16H23F2NO2/c1-2-8-19-15(11-20-10-12-5-4-9-21-12)13-6-3-7-14(17)16(13)18/h3,6-7,12,15,19H,2,4-5,8-11H2,1H3. The van der Waals surface area contributed by atoms with Crippen molar-refractivity contribution >= 4 is 0 Å². The number of hydrogen-bond donors (Lipinski definition) is 1. The van der Waals surface area contributed by atoms with Gasteiger partial charge in [-0.1, -0.05) is 19.1 Å².